The first-order valence-electron chi connectivity index (χ1n) is 14.1. The van der Waals surface area contributed by atoms with Gasteiger partial charge in [0.1, 0.15) is 13.2 Å². The smallest absolute Gasteiger partial charge is 0.416 e. The molecule has 0 unspecified atom stereocenters. The molecule has 0 spiro atoms. The molecule has 2 aliphatic rings. The van der Waals surface area contributed by atoms with Crippen molar-refractivity contribution in [3.63, 3.8) is 0 Å². The molecule has 0 N–H and O–H groups in total. The van der Waals surface area contributed by atoms with E-state index in [1.807, 2.05) is 60.7 Å². The standard InChI is InChI=1S/C32H34N2O7/c35-31(34-27(22-40-32(34)36)17-23-9-3-1-4-10-23)19-26(20-33(37)38)25-15-16-29(39-21-24-11-5-2-6-12-24)30(18-25)41-28-13-7-8-14-28/h1-6,9-12,15-16,18,26-28H,7-8,13-14,17,19-22H2/t26-,27+/m0/s1. The summed E-state index contributed by atoms with van der Waals surface area (Å²) in [5, 5.41) is 11.7. The molecule has 1 aliphatic carbocycles. The van der Waals surface area contributed by atoms with Crippen molar-refractivity contribution in [3.05, 3.63) is 106 Å². The summed E-state index contributed by atoms with van der Waals surface area (Å²) >= 11 is 0. The molecule has 1 heterocycles. The van der Waals surface area contributed by atoms with E-state index in [1.165, 1.54) is 0 Å². The highest BCUT2D eigenvalue weighted by Gasteiger charge is 2.39. The summed E-state index contributed by atoms with van der Waals surface area (Å²) < 4.78 is 17.6. The van der Waals surface area contributed by atoms with Crippen LogP contribution >= 0.6 is 0 Å². The van der Waals surface area contributed by atoms with Crippen LogP contribution in [-0.2, 0) is 22.6 Å². The lowest BCUT2D eigenvalue weighted by molar-refractivity contribution is -0.483. The van der Waals surface area contributed by atoms with Gasteiger partial charge in [0.05, 0.1) is 18.1 Å². The Bertz CT molecular complexity index is 1340. The van der Waals surface area contributed by atoms with Crippen molar-refractivity contribution in [2.24, 2.45) is 0 Å². The molecule has 9 heteroatoms. The van der Waals surface area contributed by atoms with Gasteiger partial charge in [-0.15, -0.1) is 0 Å². The van der Waals surface area contributed by atoms with E-state index in [4.69, 9.17) is 14.2 Å². The van der Waals surface area contributed by atoms with E-state index >= 15 is 0 Å². The number of nitrogens with zero attached hydrogens (tertiary/aromatic N) is 2. The van der Waals surface area contributed by atoms with Crippen molar-refractivity contribution >= 4 is 12.0 Å². The molecule has 9 nitrogen and oxygen atoms in total. The highest BCUT2D eigenvalue weighted by atomic mass is 16.6. The Morgan fingerprint density at radius 1 is 0.976 bits per heavy atom. The van der Waals surface area contributed by atoms with E-state index < -0.39 is 35.4 Å². The minimum absolute atomic E-state index is 0.0398. The molecular weight excluding hydrogens is 524 g/mol. The lowest BCUT2D eigenvalue weighted by atomic mass is 9.94. The number of cyclic esters (lactones) is 1. The molecule has 5 rings (SSSR count). The van der Waals surface area contributed by atoms with Gasteiger partial charge in [0, 0.05) is 11.3 Å². The maximum absolute atomic E-state index is 13.5. The summed E-state index contributed by atoms with van der Waals surface area (Å²) in [5.41, 5.74) is 2.56. The monoisotopic (exact) mass is 558 g/mol. The summed E-state index contributed by atoms with van der Waals surface area (Å²) in [6.07, 6.45) is 3.58. The topological polar surface area (TPSA) is 108 Å². The summed E-state index contributed by atoms with van der Waals surface area (Å²) in [6.45, 7) is -0.0326. The molecule has 41 heavy (non-hydrogen) atoms. The quantitative estimate of drug-likeness (QED) is 0.200. The third kappa shape index (κ3) is 7.42. The first kappa shape index (κ1) is 28.1. The van der Waals surface area contributed by atoms with Crippen LogP contribution in [0.2, 0.25) is 0 Å². The average molecular weight is 559 g/mol. The van der Waals surface area contributed by atoms with Gasteiger partial charge in [-0.05, 0) is 60.9 Å². The number of nitro groups is 1. The molecule has 1 saturated carbocycles. The Balaban J connectivity index is 1.36. The number of hydrogen-bond acceptors (Lipinski definition) is 7. The summed E-state index contributed by atoms with van der Waals surface area (Å²) in [4.78, 5) is 38.4. The van der Waals surface area contributed by atoms with Crippen molar-refractivity contribution in [2.45, 2.75) is 63.2 Å². The fourth-order valence-electron chi connectivity index (χ4n) is 5.49. The number of hydrogen-bond donors (Lipinski definition) is 0. The number of imide groups is 1. The van der Waals surface area contributed by atoms with Crippen LogP contribution in [-0.4, -0.2) is 47.1 Å². The van der Waals surface area contributed by atoms with E-state index in [-0.39, 0.29) is 19.1 Å². The maximum Gasteiger partial charge on any atom is 0.416 e. The maximum atomic E-state index is 13.5. The van der Waals surface area contributed by atoms with E-state index in [9.17, 15) is 19.7 Å². The van der Waals surface area contributed by atoms with E-state index in [2.05, 4.69) is 0 Å². The second kappa shape index (κ2) is 13.3. The normalized spacial score (nSPS) is 17.7. The van der Waals surface area contributed by atoms with Gasteiger partial charge < -0.3 is 14.2 Å². The first-order valence-corrected chi connectivity index (χ1v) is 14.1. The highest BCUT2D eigenvalue weighted by Crippen LogP contribution is 2.36. The van der Waals surface area contributed by atoms with Gasteiger partial charge >= 0.3 is 6.09 Å². The second-order valence-electron chi connectivity index (χ2n) is 10.6. The molecular formula is C32H34N2O7. The van der Waals surface area contributed by atoms with Gasteiger partial charge in [-0.3, -0.25) is 14.9 Å². The van der Waals surface area contributed by atoms with Crippen LogP contribution in [0.5, 0.6) is 11.5 Å². The zero-order valence-corrected chi connectivity index (χ0v) is 22.9. The average Bonchev–Trinajstić information content (AvgIpc) is 3.62. The van der Waals surface area contributed by atoms with Gasteiger partial charge in [-0.25, -0.2) is 9.69 Å². The van der Waals surface area contributed by atoms with Crippen LogP contribution in [0, 0.1) is 10.1 Å². The van der Waals surface area contributed by atoms with E-state index in [0.29, 0.717) is 30.1 Å². The molecule has 0 radical (unpaired) electrons. The van der Waals surface area contributed by atoms with Crippen LogP contribution in [0.15, 0.2) is 78.9 Å². The zero-order valence-electron chi connectivity index (χ0n) is 22.9. The molecule has 0 bridgehead atoms. The molecule has 2 amide bonds. The Morgan fingerprint density at radius 2 is 1.66 bits per heavy atom. The lowest BCUT2D eigenvalue weighted by Gasteiger charge is -2.23. The molecule has 3 aromatic rings. The number of amides is 2. The Hall–Kier alpha value is -4.40. The number of ether oxygens (including phenoxy) is 3. The minimum atomic E-state index is -0.766. The fraction of sp³-hybridized carbons (Fsp3) is 0.375. The van der Waals surface area contributed by atoms with Crippen LogP contribution in [0.4, 0.5) is 4.79 Å². The van der Waals surface area contributed by atoms with Crippen LogP contribution in [0.25, 0.3) is 0 Å². The van der Waals surface area contributed by atoms with Crippen molar-refractivity contribution < 1.29 is 28.7 Å². The molecule has 2 fully saturated rings. The van der Waals surface area contributed by atoms with Crippen LogP contribution in [0.1, 0.15) is 54.7 Å². The van der Waals surface area contributed by atoms with Crippen LogP contribution in [0.3, 0.4) is 0 Å². The largest absolute Gasteiger partial charge is 0.487 e. The summed E-state index contributed by atoms with van der Waals surface area (Å²) in [6, 6.07) is 24.1. The third-order valence-corrected chi connectivity index (χ3v) is 7.61. The SMILES string of the molecule is O=C(C[C@@H](C[N+](=O)[O-])c1ccc(OCc2ccccc2)c(OC2CCCC2)c1)N1C(=O)OC[C@H]1Cc1ccccc1. The van der Waals surface area contributed by atoms with E-state index in [0.717, 1.165) is 41.7 Å². The van der Waals surface area contributed by atoms with Gasteiger partial charge in [0.15, 0.2) is 11.5 Å². The highest BCUT2D eigenvalue weighted by molar-refractivity contribution is 5.94. The van der Waals surface area contributed by atoms with Gasteiger partial charge in [-0.2, -0.15) is 0 Å². The molecule has 3 aromatic carbocycles. The fourth-order valence-corrected chi connectivity index (χ4v) is 5.49. The Labute approximate surface area is 239 Å². The minimum Gasteiger partial charge on any atom is -0.487 e. The zero-order chi connectivity index (χ0) is 28.6. The second-order valence-corrected chi connectivity index (χ2v) is 10.6. The summed E-state index contributed by atoms with van der Waals surface area (Å²) in [5.74, 6) is -0.212. The lowest BCUT2D eigenvalue weighted by Crippen LogP contribution is -2.41. The predicted molar refractivity (Wildman–Crippen MR) is 151 cm³/mol. The van der Waals surface area contributed by atoms with Gasteiger partial charge in [0.25, 0.3) is 0 Å². The van der Waals surface area contributed by atoms with Crippen molar-refractivity contribution in [2.75, 3.05) is 13.2 Å². The molecule has 1 aliphatic heterocycles. The molecule has 2 atom stereocenters. The van der Waals surface area contributed by atoms with E-state index in [1.54, 1.807) is 18.2 Å². The summed E-state index contributed by atoms with van der Waals surface area (Å²) in [7, 11) is 0. The van der Waals surface area contributed by atoms with Crippen molar-refractivity contribution in [1.82, 2.24) is 4.90 Å². The van der Waals surface area contributed by atoms with Crippen molar-refractivity contribution in [3.8, 4) is 11.5 Å². The number of carbonyl (C=O) groups excluding carboxylic acids is 2. The number of benzene rings is 3. The van der Waals surface area contributed by atoms with Crippen molar-refractivity contribution in [1.29, 1.82) is 0 Å². The molecule has 1 saturated heterocycles. The Morgan fingerprint density at radius 3 is 2.34 bits per heavy atom. The third-order valence-electron chi connectivity index (χ3n) is 7.61. The van der Waals surface area contributed by atoms with Gasteiger partial charge in [-0.1, -0.05) is 66.7 Å². The number of rotatable bonds is 12. The predicted octanol–water partition coefficient (Wildman–Crippen LogP) is 5.93. The first-order chi connectivity index (χ1) is 20.0. The Kier molecular flexibility index (Phi) is 9.13. The van der Waals surface area contributed by atoms with Crippen LogP contribution < -0.4 is 9.47 Å². The van der Waals surface area contributed by atoms with Gasteiger partial charge in [0.2, 0.25) is 12.5 Å². The molecule has 0 aromatic heterocycles. The number of carbonyl (C=O) groups is 2. The molecule has 214 valence electrons.